The molecule has 1 saturated heterocycles. The number of guanidine groups is 1. The van der Waals surface area contributed by atoms with Gasteiger partial charge in [-0.15, -0.1) is 24.0 Å². The average molecular weight is 437 g/mol. The summed E-state index contributed by atoms with van der Waals surface area (Å²) >= 11 is 0. The number of nitrogens with one attached hydrogen (secondary N) is 1. The molecule has 0 bridgehead atoms. The number of nitrogens with zero attached hydrogens (tertiary/aromatic N) is 2. The van der Waals surface area contributed by atoms with Crippen LogP contribution in [-0.4, -0.2) is 49.6 Å². The molecule has 0 radical (unpaired) electrons. The normalized spacial score (nSPS) is 21.6. The standard InChI is InChI=1S/C17H31N3O2.HI/c1-3-18-17(19-11-5-7-14-9-10-14)20-12-6-8-15(13-20)16(21)22-4-2;/h14-15H,3-13H2,1-2H3,(H,18,19);1H. The van der Waals surface area contributed by atoms with Crippen molar-refractivity contribution in [1.82, 2.24) is 10.2 Å². The van der Waals surface area contributed by atoms with Gasteiger partial charge in [-0.3, -0.25) is 9.79 Å². The van der Waals surface area contributed by atoms with Crippen LogP contribution in [0.25, 0.3) is 0 Å². The fraction of sp³-hybridized carbons (Fsp3) is 0.882. The van der Waals surface area contributed by atoms with E-state index in [9.17, 15) is 4.79 Å². The highest BCUT2D eigenvalue weighted by molar-refractivity contribution is 14.0. The molecule has 0 amide bonds. The Morgan fingerprint density at radius 3 is 2.74 bits per heavy atom. The third-order valence-corrected chi connectivity index (χ3v) is 4.40. The quantitative estimate of drug-likeness (QED) is 0.219. The zero-order chi connectivity index (χ0) is 15.8. The largest absolute Gasteiger partial charge is 0.466 e. The number of likely N-dealkylation sites (tertiary alicyclic amines) is 1. The lowest BCUT2D eigenvalue weighted by atomic mass is 9.98. The van der Waals surface area contributed by atoms with Gasteiger partial charge in [0.25, 0.3) is 0 Å². The van der Waals surface area contributed by atoms with Crippen LogP contribution in [0, 0.1) is 11.8 Å². The van der Waals surface area contributed by atoms with Crippen LogP contribution in [-0.2, 0) is 9.53 Å². The van der Waals surface area contributed by atoms with Crippen molar-refractivity contribution in [2.45, 2.75) is 52.4 Å². The summed E-state index contributed by atoms with van der Waals surface area (Å²) in [7, 11) is 0. The zero-order valence-corrected chi connectivity index (χ0v) is 16.9. The van der Waals surface area contributed by atoms with Crippen LogP contribution >= 0.6 is 24.0 Å². The van der Waals surface area contributed by atoms with E-state index in [1.165, 1.54) is 25.7 Å². The Bertz CT molecular complexity index is 386. The minimum Gasteiger partial charge on any atom is -0.466 e. The van der Waals surface area contributed by atoms with Gasteiger partial charge in [-0.2, -0.15) is 0 Å². The van der Waals surface area contributed by atoms with Crippen molar-refractivity contribution in [1.29, 1.82) is 0 Å². The lowest BCUT2D eigenvalue weighted by molar-refractivity contribution is -0.149. The van der Waals surface area contributed by atoms with Gasteiger partial charge in [-0.25, -0.2) is 0 Å². The topological polar surface area (TPSA) is 53.9 Å². The fourth-order valence-corrected chi connectivity index (χ4v) is 3.02. The maximum absolute atomic E-state index is 12.0. The molecule has 1 saturated carbocycles. The Morgan fingerprint density at radius 1 is 1.30 bits per heavy atom. The van der Waals surface area contributed by atoms with Crippen LogP contribution in [0.5, 0.6) is 0 Å². The highest BCUT2D eigenvalue weighted by atomic mass is 127. The average Bonchev–Trinajstić information content (AvgIpc) is 3.35. The molecule has 0 spiro atoms. The summed E-state index contributed by atoms with van der Waals surface area (Å²) in [6, 6.07) is 0. The summed E-state index contributed by atoms with van der Waals surface area (Å²) in [5.41, 5.74) is 0. The van der Waals surface area contributed by atoms with Gasteiger partial charge in [-0.05, 0) is 45.4 Å². The van der Waals surface area contributed by atoms with E-state index >= 15 is 0 Å². The minimum absolute atomic E-state index is 0. The van der Waals surface area contributed by atoms with Gasteiger partial charge < -0.3 is 15.0 Å². The third-order valence-electron chi connectivity index (χ3n) is 4.40. The Kier molecular flexibility index (Phi) is 9.90. The molecule has 0 aromatic heterocycles. The molecule has 1 unspecified atom stereocenters. The number of rotatable bonds is 7. The van der Waals surface area contributed by atoms with Crippen molar-refractivity contribution >= 4 is 35.9 Å². The van der Waals surface area contributed by atoms with Crippen molar-refractivity contribution in [3.05, 3.63) is 0 Å². The van der Waals surface area contributed by atoms with Crippen LogP contribution in [0.1, 0.15) is 52.4 Å². The molecule has 0 aromatic carbocycles. The maximum atomic E-state index is 12.0. The van der Waals surface area contributed by atoms with E-state index in [4.69, 9.17) is 9.73 Å². The van der Waals surface area contributed by atoms with Gasteiger partial charge in [0.1, 0.15) is 0 Å². The number of ether oxygens (including phenoxy) is 1. The second kappa shape index (κ2) is 11.1. The van der Waals surface area contributed by atoms with Gasteiger partial charge in [0.2, 0.25) is 0 Å². The number of piperidine rings is 1. The van der Waals surface area contributed by atoms with E-state index in [1.807, 2.05) is 6.92 Å². The first kappa shape index (κ1) is 20.5. The summed E-state index contributed by atoms with van der Waals surface area (Å²) < 4.78 is 5.18. The third kappa shape index (κ3) is 7.27. The van der Waals surface area contributed by atoms with Gasteiger partial charge in [-0.1, -0.05) is 12.8 Å². The van der Waals surface area contributed by atoms with E-state index in [0.717, 1.165) is 50.9 Å². The summed E-state index contributed by atoms with van der Waals surface area (Å²) in [6.45, 7) is 7.88. The highest BCUT2D eigenvalue weighted by Gasteiger charge is 2.28. The fourth-order valence-electron chi connectivity index (χ4n) is 3.02. The van der Waals surface area contributed by atoms with Crippen LogP contribution in [0.4, 0.5) is 0 Å². The summed E-state index contributed by atoms with van der Waals surface area (Å²) in [6.07, 6.45) is 7.27. The molecule has 23 heavy (non-hydrogen) atoms. The molecule has 5 nitrogen and oxygen atoms in total. The lowest BCUT2D eigenvalue weighted by Gasteiger charge is -2.34. The van der Waals surface area contributed by atoms with Gasteiger partial charge in [0.15, 0.2) is 5.96 Å². The number of hydrogen-bond acceptors (Lipinski definition) is 3. The molecule has 1 aliphatic heterocycles. The van der Waals surface area contributed by atoms with Crippen LogP contribution in [0.3, 0.4) is 0 Å². The second-order valence-corrected chi connectivity index (χ2v) is 6.36. The van der Waals surface area contributed by atoms with Gasteiger partial charge in [0.05, 0.1) is 12.5 Å². The molecule has 1 atom stereocenters. The van der Waals surface area contributed by atoms with E-state index in [0.29, 0.717) is 6.61 Å². The molecular formula is C17H32IN3O2. The first-order chi connectivity index (χ1) is 10.7. The second-order valence-electron chi connectivity index (χ2n) is 6.36. The molecule has 2 fully saturated rings. The molecular weight excluding hydrogens is 405 g/mol. The van der Waals surface area contributed by atoms with E-state index in [-0.39, 0.29) is 35.9 Å². The first-order valence-corrected chi connectivity index (χ1v) is 8.94. The summed E-state index contributed by atoms with van der Waals surface area (Å²) in [4.78, 5) is 18.9. The monoisotopic (exact) mass is 437 g/mol. The predicted octanol–water partition coefficient (Wildman–Crippen LogP) is 3.04. The molecule has 6 heteroatoms. The van der Waals surface area contributed by atoms with Gasteiger partial charge in [0, 0.05) is 26.2 Å². The number of halogens is 1. The number of carbonyl (C=O) groups excluding carboxylic acids is 1. The molecule has 0 aromatic rings. The van der Waals surface area contributed by atoms with Gasteiger partial charge >= 0.3 is 5.97 Å². The van der Waals surface area contributed by atoms with Crippen LogP contribution in [0.15, 0.2) is 4.99 Å². The van der Waals surface area contributed by atoms with Crippen molar-refractivity contribution in [2.75, 3.05) is 32.8 Å². The minimum atomic E-state index is -0.0585. The van der Waals surface area contributed by atoms with Crippen molar-refractivity contribution < 1.29 is 9.53 Å². The molecule has 2 aliphatic rings. The smallest absolute Gasteiger partial charge is 0.310 e. The Balaban J connectivity index is 0.00000264. The predicted molar refractivity (Wildman–Crippen MR) is 104 cm³/mol. The SMILES string of the molecule is CCNC(=NCCCC1CC1)N1CCCC(C(=O)OCC)C1.I. The molecule has 1 aliphatic carbocycles. The summed E-state index contributed by atoms with van der Waals surface area (Å²) in [5.74, 6) is 1.87. The number of hydrogen-bond donors (Lipinski definition) is 1. The molecule has 134 valence electrons. The summed E-state index contributed by atoms with van der Waals surface area (Å²) in [5, 5.41) is 3.37. The number of aliphatic imine (C=N–C) groups is 1. The highest BCUT2D eigenvalue weighted by Crippen LogP contribution is 2.33. The van der Waals surface area contributed by atoms with Crippen molar-refractivity contribution in [3.63, 3.8) is 0 Å². The zero-order valence-electron chi connectivity index (χ0n) is 14.6. The Morgan fingerprint density at radius 2 is 2.09 bits per heavy atom. The van der Waals surface area contributed by atoms with Crippen LogP contribution in [0.2, 0.25) is 0 Å². The van der Waals surface area contributed by atoms with Crippen LogP contribution < -0.4 is 5.32 Å². The van der Waals surface area contributed by atoms with E-state index in [2.05, 4.69) is 17.1 Å². The van der Waals surface area contributed by atoms with Crippen molar-refractivity contribution in [3.8, 4) is 0 Å². The van der Waals surface area contributed by atoms with Crippen molar-refractivity contribution in [2.24, 2.45) is 16.8 Å². The number of carbonyl (C=O) groups is 1. The van der Waals surface area contributed by atoms with E-state index in [1.54, 1.807) is 0 Å². The molecule has 2 rings (SSSR count). The first-order valence-electron chi connectivity index (χ1n) is 8.94. The molecule has 1 heterocycles. The van der Waals surface area contributed by atoms with E-state index < -0.39 is 0 Å². The maximum Gasteiger partial charge on any atom is 0.310 e. The Labute approximate surface area is 157 Å². The number of esters is 1. The molecule has 1 N–H and O–H groups in total. The lowest BCUT2D eigenvalue weighted by Crippen LogP contribution is -2.48. The Hall–Kier alpha value is -0.530.